The average Bonchev–Trinajstić information content (AvgIpc) is 2.87. The number of hydrogen-bond donors (Lipinski definition) is 1. The Morgan fingerprint density at radius 1 is 1.43 bits per heavy atom. The van der Waals surface area contributed by atoms with E-state index in [1.54, 1.807) is 19.2 Å². The number of carbonyl (C=O) groups excluding carboxylic acids is 1. The van der Waals surface area contributed by atoms with Gasteiger partial charge in [-0.3, -0.25) is 4.79 Å². The predicted molar refractivity (Wildman–Crippen MR) is 87.3 cm³/mol. The summed E-state index contributed by atoms with van der Waals surface area (Å²) in [6.07, 6.45) is 1.09. The molecule has 112 valence electrons. The van der Waals surface area contributed by atoms with E-state index in [1.807, 2.05) is 11.4 Å². The minimum Gasteiger partial charge on any atom is -0.385 e. The minimum atomic E-state index is -0.0739. The summed E-state index contributed by atoms with van der Waals surface area (Å²) in [7, 11) is 1.61. The Morgan fingerprint density at radius 2 is 2.24 bits per heavy atom. The van der Waals surface area contributed by atoms with Crippen molar-refractivity contribution < 1.29 is 9.53 Å². The number of rotatable bonds is 6. The lowest BCUT2D eigenvalue weighted by atomic mass is 10.2. The number of benzene rings is 1. The van der Waals surface area contributed by atoms with Crippen molar-refractivity contribution in [1.82, 2.24) is 4.98 Å². The Kier molecular flexibility index (Phi) is 5.99. The molecular weight excluding hydrogens is 331 g/mol. The van der Waals surface area contributed by atoms with Gasteiger partial charge in [-0.15, -0.1) is 11.3 Å². The lowest BCUT2D eigenvalue weighted by molar-refractivity contribution is -0.116. The number of nitrogens with zero attached hydrogens (tertiary/aromatic N) is 1. The van der Waals surface area contributed by atoms with Crippen LogP contribution in [0.1, 0.15) is 12.8 Å². The number of hydrogen-bond acceptors (Lipinski definition) is 4. The Balaban J connectivity index is 2.02. The molecule has 1 amide bonds. The fraction of sp³-hybridized carbons (Fsp3) is 0.286. The number of carbonyl (C=O) groups is 1. The molecule has 21 heavy (non-hydrogen) atoms. The number of halogens is 2. The maximum Gasteiger partial charge on any atom is 0.226 e. The topological polar surface area (TPSA) is 51.2 Å². The molecule has 0 saturated carbocycles. The van der Waals surface area contributed by atoms with Crippen LogP contribution >= 0.6 is 34.5 Å². The fourth-order valence-electron chi connectivity index (χ4n) is 1.71. The third-order valence-electron chi connectivity index (χ3n) is 2.71. The predicted octanol–water partition coefficient (Wildman–Crippen LogP) is 4.48. The summed E-state index contributed by atoms with van der Waals surface area (Å²) in [6, 6.07) is 5.23. The zero-order chi connectivity index (χ0) is 15.2. The quantitative estimate of drug-likeness (QED) is 0.785. The first-order valence-electron chi connectivity index (χ1n) is 6.30. The van der Waals surface area contributed by atoms with E-state index in [0.29, 0.717) is 40.3 Å². The van der Waals surface area contributed by atoms with Gasteiger partial charge in [0.1, 0.15) is 0 Å². The molecule has 2 aromatic rings. The van der Waals surface area contributed by atoms with Crippen LogP contribution in [-0.4, -0.2) is 24.6 Å². The fourth-order valence-corrected chi connectivity index (χ4v) is 2.94. The maximum absolute atomic E-state index is 11.7. The van der Waals surface area contributed by atoms with E-state index in [-0.39, 0.29) is 5.91 Å². The molecule has 0 fully saturated rings. The molecule has 2 rings (SSSR count). The highest BCUT2D eigenvalue weighted by molar-refractivity contribution is 7.14. The molecule has 7 heteroatoms. The Morgan fingerprint density at radius 3 is 2.95 bits per heavy atom. The van der Waals surface area contributed by atoms with Crippen LogP contribution < -0.4 is 5.32 Å². The van der Waals surface area contributed by atoms with E-state index in [1.165, 1.54) is 11.3 Å². The van der Waals surface area contributed by atoms with E-state index in [2.05, 4.69) is 10.3 Å². The van der Waals surface area contributed by atoms with Gasteiger partial charge in [-0.2, -0.15) is 0 Å². The van der Waals surface area contributed by atoms with Gasteiger partial charge in [0, 0.05) is 36.1 Å². The van der Waals surface area contributed by atoms with Crippen molar-refractivity contribution in [2.45, 2.75) is 12.8 Å². The lowest BCUT2D eigenvalue weighted by Crippen LogP contribution is -2.11. The monoisotopic (exact) mass is 344 g/mol. The smallest absolute Gasteiger partial charge is 0.226 e. The van der Waals surface area contributed by atoms with Crippen molar-refractivity contribution >= 4 is 45.6 Å². The molecule has 0 aliphatic heterocycles. The van der Waals surface area contributed by atoms with Crippen LogP contribution in [0.15, 0.2) is 23.6 Å². The highest BCUT2D eigenvalue weighted by Crippen LogP contribution is 2.32. The first-order chi connectivity index (χ1) is 10.1. The van der Waals surface area contributed by atoms with Gasteiger partial charge in [0.25, 0.3) is 0 Å². The van der Waals surface area contributed by atoms with Gasteiger partial charge in [0.05, 0.1) is 10.7 Å². The second-order valence-electron chi connectivity index (χ2n) is 4.31. The normalized spacial score (nSPS) is 10.6. The van der Waals surface area contributed by atoms with Crippen molar-refractivity contribution in [3.8, 4) is 11.3 Å². The van der Waals surface area contributed by atoms with E-state index in [0.717, 1.165) is 5.56 Å². The molecule has 1 heterocycles. The number of methoxy groups -OCH3 is 1. The third-order valence-corrected chi connectivity index (χ3v) is 4.02. The lowest BCUT2D eigenvalue weighted by Gasteiger charge is -2.02. The molecule has 0 aliphatic carbocycles. The summed E-state index contributed by atoms with van der Waals surface area (Å²) in [5.74, 6) is -0.0739. The van der Waals surface area contributed by atoms with Gasteiger partial charge in [-0.05, 0) is 24.6 Å². The summed E-state index contributed by atoms with van der Waals surface area (Å²) in [5.41, 5.74) is 1.51. The van der Waals surface area contributed by atoms with Crippen LogP contribution in [-0.2, 0) is 9.53 Å². The molecule has 4 nitrogen and oxygen atoms in total. The molecule has 0 bridgehead atoms. The zero-order valence-electron chi connectivity index (χ0n) is 11.4. The summed E-state index contributed by atoms with van der Waals surface area (Å²) >= 11 is 13.4. The summed E-state index contributed by atoms with van der Waals surface area (Å²) in [4.78, 5) is 16.1. The second-order valence-corrected chi connectivity index (χ2v) is 6.01. The molecular formula is C14H14Cl2N2O2S. The molecule has 1 N–H and O–H groups in total. The maximum atomic E-state index is 11.7. The van der Waals surface area contributed by atoms with Gasteiger partial charge in [-0.25, -0.2) is 4.98 Å². The van der Waals surface area contributed by atoms with Gasteiger partial charge in [0.2, 0.25) is 5.91 Å². The summed E-state index contributed by atoms with van der Waals surface area (Å²) in [5, 5.41) is 6.27. The van der Waals surface area contributed by atoms with Crippen LogP contribution in [0, 0.1) is 0 Å². The van der Waals surface area contributed by atoms with Crippen LogP contribution in [0.5, 0.6) is 0 Å². The molecule has 1 aromatic heterocycles. The third kappa shape index (κ3) is 4.68. The number of thiazole rings is 1. The second kappa shape index (κ2) is 7.75. The van der Waals surface area contributed by atoms with Crippen molar-refractivity contribution in [1.29, 1.82) is 0 Å². The first-order valence-corrected chi connectivity index (χ1v) is 7.93. The molecule has 0 saturated heterocycles. The van der Waals surface area contributed by atoms with Gasteiger partial charge in [-0.1, -0.05) is 23.2 Å². The molecule has 0 aliphatic rings. The van der Waals surface area contributed by atoms with Crippen LogP contribution in [0.2, 0.25) is 10.0 Å². The number of aromatic nitrogens is 1. The highest BCUT2D eigenvalue weighted by atomic mass is 35.5. The zero-order valence-corrected chi connectivity index (χ0v) is 13.7. The number of amides is 1. The Hall–Kier alpha value is -1.14. The minimum absolute atomic E-state index is 0.0739. The van der Waals surface area contributed by atoms with Crippen molar-refractivity contribution in [2.24, 2.45) is 0 Å². The number of nitrogens with one attached hydrogen (secondary N) is 1. The van der Waals surface area contributed by atoms with Gasteiger partial charge in [0.15, 0.2) is 5.13 Å². The van der Waals surface area contributed by atoms with Crippen LogP contribution in [0.4, 0.5) is 5.13 Å². The van der Waals surface area contributed by atoms with Gasteiger partial charge >= 0.3 is 0 Å². The average molecular weight is 345 g/mol. The molecule has 1 aromatic carbocycles. The van der Waals surface area contributed by atoms with Crippen molar-refractivity contribution in [2.75, 3.05) is 19.0 Å². The van der Waals surface area contributed by atoms with E-state index in [9.17, 15) is 4.79 Å². The van der Waals surface area contributed by atoms with Gasteiger partial charge < -0.3 is 10.1 Å². The first kappa shape index (κ1) is 16.2. The van der Waals surface area contributed by atoms with E-state index >= 15 is 0 Å². The summed E-state index contributed by atoms with van der Waals surface area (Å²) in [6.45, 7) is 0.566. The molecule has 0 radical (unpaired) electrons. The standard InChI is InChI=1S/C14H14Cl2N2O2S/c1-20-6-2-3-13(19)18-14-17-12(8-21-14)10-5-4-9(15)7-11(10)16/h4-5,7-8H,2-3,6H2,1H3,(H,17,18,19). The van der Waals surface area contributed by atoms with Crippen LogP contribution in [0.3, 0.4) is 0 Å². The number of ether oxygens (including phenoxy) is 1. The molecule has 0 atom stereocenters. The highest BCUT2D eigenvalue weighted by Gasteiger charge is 2.10. The molecule has 0 unspecified atom stereocenters. The Labute approximate surface area is 137 Å². The van der Waals surface area contributed by atoms with Crippen molar-refractivity contribution in [3.63, 3.8) is 0 Å². The largest absolute Gasteiger partial charge is 0.385 e. The summed E-state index contributed by atoms with van der Waals surface area (Å²) < 4.78 is 4.91. The van der Waals surface area contributed by atoms with E-state index in [4.69, 9.17) is 27.9 Å². The number of anilines is 1. The van der Waals surface area contributed by atoms with Crippen molar-refractivity contribution in [3.05, 3.63) is 33.6 Å². The Bertz CT molecular complexity index is 631. The SMILES string of the molecule is COCCCC(=O)Nc1nc(-c2ccc(Cl)cc2Cl)cs1. The van der Waals surface area contributed by atoms with Crippen LogP contribution in [0.25, 0.3) is 11.3 Å². The van der Waals surface area contributed by atoms with E-state index < -0.39 is 0 Å². The molecule has 0 spiro atoms.